The van der Waals surface area contributed by atoms with E-state index >= 15 is 0 Å². The summed E-state index contributed by atoms with van der Waals surface area (Å²) in [7, 11) is 2.17. The highest BCUT2D eigenvalue weighted by Crippen LogP contribution is 2.14. The summed E-state index contributed by atoms with van der Waals surface area (Å²) in [5, 5.41) is 6.80. The molecule has 1 fully saturated rings. The van der Waals surface area contributed by atoms with E-state index in [1.165, 1.54) is 5.56 Å². The van der Waals surface area contributed by atoms with Crippen molar-refractivity contribution in [1.82, 2.24) is 20.5 Å². The summed E-state index contributed by atoms with van der Waals surface area (Å²) in [6.45, 7) is 9.90. The molecule has 150 valence electrons. The van der Waals surface area contributed by atoms with Crippen molar-refractivity contribution < 1.29 is 0 Å². The Kier molecular flexibility index (Phi) is 7.25. The molecule has 1 saturated heterocycles. The smallest absolute Gasteiger partial charge is 0.192 e. The van der Waals surface area contributed by atoms with Crippen LogP contribution in [0, 0.1) is 0 Å². The van der Waals surface area contributed by atoms with Crippen molar-refractivity contribution in [2.45, 2.75) is 26.4 Å². The van der Waals surface area contributed by atoms with Crippen molar-refractivity contribution in [3.63, 3.8) is 0 Å². The van der Waals surface area contributed by atoms with Crippen LogP contribution in [0.1, 0.15) is 31.0 Å². The SMILES string of the molecule is CCNC(=NCc1ccc(N2CCN(C)CC2)nc1)NC(C)c1ccccc1. The van der Waals surface area contributed by atoms with Gasteiger partial charge >= 0.3 is 0 Å². The molecule has 1 atom stereocenters. The number of nitrogens with one attached hydrogen (secondary N) is 2. The van der Waals surface area contributed by atoms with E-state index in [-0.39, 0.29) is 6.04 Å². The number of hydrogen-bond acceptors (Lipinski definition) is 4. The molecule has 28 heavy (non-hydrogen) atoms. The van der Waals surface area contributed by atoms with Crippen molar-refractivity contribution in [3.8, 4) is 0 Å². The number of guanidine groups is 1. The van der Waals surface area contributed by atoms with Gasteiger partial charge in [-0.05, 0) is 38.1 Å². The third-order valence-corrected chi connectivity index (χ3v) is 5.05. The van der Waals surface area contributed by atoms with E-state index in [9.17, 15) is 0 Å². The average molecular weight is 381 g/mol. The quantitative estimate of drug-likeness (QED) is 0.596. The largest absolute Gasteiger partial charge is 0.357 e. The van der Waals surface area contributed by atoms with E-state index < -0.39 is 0 Å². The van der Waals surface area contributed by atoms with Gasteiger partial charge in [0.15, 0.2) is 5.96 Å². The first-order valence-corrected chi connectivity index (χ1v) is 10.1. The monoisotopic (exact) mass is 380 g/mol. The minimum Gasteiger partial charge on any atom is -0.357 e. The minimum absolute atomic E-state index is 0.191. The van der Waals surface area contributed by atoms with Crippen LogP contribution in [0.4, 0.5) is 5.82 Å². The lowest BCUT2D eigenvalue weighted by molar-refractivity contribution is 0.312. The predicted molar refractivity (Wildman–Crippen MR) is 117 cm³/mol. The number of aromatic nitrogens is 1. The fraction of sp³-hybridized carbons (Fsp3) is 0.455. The summed E-state index contributed by atoms with van der Waals surface area (Å²) in [4.78, 5) is 14.1. The second kappa shape index (κ2) is 10.1. The summed E-state index contributed by atoms with van der Waals surface area (Å²) in [6, 6.07) is 14.9. The van der Waals surface area contributed by atoms with Crippen molar-refractivity contribution in [2.24, 2.45) is 4.99 Å². The van der Waals surface area contributed by atoms with E-state index in [0.717, 1.165) is 50.1 Å². The third-order valence-electron chi connectivity index (χ3n) is 5.05. The zero-order valence-electron chi connectivity index (χ0n) is 17.2. The number of likely N-dealkylation sites (N-methyl/N-ethyl adjacent to an activating group) is 1. The second-order valence-corrected chi connectivity index (χ2v) is 7.29. The molecule has 0 bridgehead atoms. The van der Waals surface area contributed by atoms with Crippen LogP contribution >= 0.6 is 0 Å². The maximum atomic E-state index is 4.74. The molecule has 2 heterocycles. The Morgan fingerprint density at radius 3 is 2.50 bits per heavy atom. The predicted octanol–water partition coefficient (Wildman–Crippen LogP) is 2.65. The number of hydrogen-bond donors (Lipinski definition) is 2. The van der Waals surface area contributed by atoms with Gasteiger partial charge in [0.25, 0.3) is 0 Å². The summed E-state index contributed by atoms with van der Waals surface area (Å²) in [5.41, 5.74) is 2.36. The summed E-state index contributed by atoms with van der Waals surface area (Å²) in [6.07, 6.45) is 1.95. The van der Waals surface area contributed by atoms with Gasteiger partial charge in [0, 0.05) is 38.9 Å². The first-order valence-electron chi connectivity index (χ1n) is 10.1. The number of benzene rings is 1. The number of rotatable bonds is 6. The maximum Gasteiger partial charge on any atom is 0.192 e. The standard InChI is InChI=1S/C22H32N6/c1-4-23-22(26-18(2)20-8-6-5-7-9-20)25-17-19-10-11-21(24-16-19)28-14-12-27(3)13-15-28/h5-11,16,18H,4,12-15,17H2,1-3H3,(H2,23,25,26). The van der Waals surface area contributed by atoms with Crippen molar-refractivity contribution in [1.29, 1.82) is 0 Å². The Labute approximate surface area is 168 Å². The normalized spacial score (nSPS) is 16.7. The number of pyridine rings is 1. The highest BCUT2D eigenvalue weighted by Gasteiger charge is 2.15. The molecule has 0 radical (unpaired) electrons. The van der Waals surface area contributed by atoms with Gasteiger partial charge in [0.05, 0.1) is 12.6 Å². The van der Waals surface area contributed by atoms with Crippen molar-refractivity contribution in [3.05, 3.63) is 59.8 Å². The number of anilines is 1. The molecule has 1 aromatic heterocycles. The third kappa shape index (κ3) is 5.70. The first kappa shape index (κ1) is 20.1. The second-order valence-electron chi connectivity index (χ2n) is 7.29. The minimum atomic E-state index is 0.191. The Balaban J connectivity index is 1.59. The maximum absolute atomic E-state index is 4.74. The Hall–Kier alpha value is -2.60. The summed E-state index contributed by atoms with van der Waals surface area (Å²) >= 11 is 0. The molecule has 6 heteroatoms. The molecule has 1 aromatic carbocycles. The molecule has 6 nitrogen and oxygen atoms in total. The molecular weight excluding hydrogens is 348 g/mol. The molecule has 0 amide bonds. The van der Waals surface area contributed by atoms with Gasteiger partial charge in [0.2, 0.25) is 0 Å². The van der Waals surface area contributed by atoms with Gasteiger partial charge in [-0.3, -0.25) is 0 Å². The number of piperazine rings is 1. The average Bonchev–Trinajstić information content (AvgIpc) is 2.74. The van der Waals surface area contributed by atoms with Crippen molar-refractivity contribution >= 4 is 11.8 Å². The lowest BCUT2D eigenvalue weighted by Crippen LogP contribution is -2.44. The van der Waals surface area contributed by atoms with Gasteiger partial charge in [-0.2, -0.15) is 0 Å². The molecule has 1 aliphatic heterocycles. The zero-order valence-corrected chi connectivity index (χ0v) is 17.2. The zero-order chi connectivity index (χ0) is 19.8. The lowest BCUT2D eigenvalue weighted by atomic mass is 10.1. The molecule has 0 saturated carbocycles. The topological polar surface area (TPSA) is 55.8 Å². The van der Waals surface area contributed by atoms with Crippen LogP contribution < -0.4 is 15.5 Å². The van der Waals surface area contributed by atoms with E-state index in [1.54, 1.807) is 0 Å². The van der Waals surface area contributed by atoms with Crippen LogP contribution in [-0.2, 0) is 6.54 Å². The number of nitrogens with zero attached hydrogens (tertiary/aromatic N) is 4. The van der Waals surface area contributed by atoms with Gasteiger partial charge in [-0.15, -0.1) is 0 Å². The molecule has 2 aromatic rings. The molecule has 3 rings (SSSR count). The molecule has 1 aliphatic rings. The van der Waals surface area contributed by atoms with Crippen LogP contribution in [0.5, 0.6) is 0 Å². The van der Waals surface area contributed by atoms with Crippen LogP contribution in [0.25, 0.3) is 0 Å². The highest BCUT2D eigenvalue weighted by atomic mass is 15.3. The fourth-order valence-electron chi connectivity index (χ4n) is 3.25. The van der Waals surface area contributed by atoms with E-state index in [0.29, 0.717) is 6.54 Å². The van der Waals surface area contributed by atoms with Gasteiger partial charge in [-0.1, -0.05) is 36.4 Å². The molecule has 1 unspecified atom stereocenters. The summed E-state index contributed by atoms with van der Waals surface area (Å²) in [5.74, 6) is 1.88. The molecule has 0 spiro atoms. The molecule has 0 aliphatic carbocycles. The Morgan fingerprint density at radius 2 is 1.86 bits per heavy atom. The summed E-state index contributed by atoms with van der Waals surface area (Å²) < 4.78 is 0. The van der Waals surface area contributed by atoms with E-state index in [2.05, 4.69) is 82.7 Å². The van der Waals surface area contributed by atoms with Gasteiger partial charge < -0.3 is 20.4 Å². The van der Waals surface area contributed by atoms with Crippen molar-refractivity contribution in [2.75, 3.05) is 44.7 Å². The lowest BCUT2D eigenvalue weighted by Gasteiger charge is -2.33. The number of aliphatic imine (C=N–C) groups is 1. The molecular formula is C22H32N6. The van der Waals surface area contributed by atoms with Crippen LogP contribution in [0.3, 0.4) is 0 Å². The van der Waals surface area contributed by atoms with E-state index in [4.69, 9.17) is 4.99 Å². The Bertz CT molecular complexity index is 735. The highest BCUT2D eigenvalue weighted by molar-refractivity contribution is 5.80. The van der Waals surface area contributed by atoms with Gasteiger partial charge in [0.1, 0.15) is 5.82 Å². The van der Waals surface area contributed by atoms with Gasteiger partial charge in [-0.25, -0.2) is 9.98 Å². The van der Waals surface area contributed by atoms with Crippen LogP contribution in [0.2, 0.25) is 0 Å². The van der Waals surface area contributed by atoms with Crippen LogP contribution in [-0.4, -0.2) is 55.6 Å². The van der Waals surface area contributed by atoms with E-state index in [1.807, 2.05) is 12.3 Å². The first-order chi connectivity index (χ1) is 13.7. The van der Waals surface area contributed by atoms with Crippen LogP contribution in [0.15, 0.2) is 53.7 Å². The molecule has 2 N–H and O–H groups in total. The Morgan fingerprint density at radius 1 is 1.11 bits per heavy atom. The fourth-order valence-corrected chi connectivity index (χ4v) is 3.25.